The van der Waals surface area contributed by atoms with Gasteiger partial charge in [0.25, 0.3) is 0 Å². The highest BCUT2D eigenvalue weighted by atomic mass is 16.5. The van der Waals surface area contributed by atoms with Gasteiger partial charge in [-0.15, -0.1) is 0 Å². The van der Waals surface area contributed by atoms with E-state index in [0.717, 1.165) is 23.5 Å². The largest absolute Gasteiger partial charge is 0.394 e. The molecule has 2 atom stereocenters. The molecule has 0 aromatic carbocycles. The van der Waals surface area contributed by atoms with Crippen molar-refractivity contribution in [3.05, 3.63) is 42.7 Å². The van der Waals surface area contributed by atoms with Gasteiger partial charge in [-0.05, 0) is 30.5 Å². The quantitative estimate of drug-likeness (QED) is 0.637. The summed E-state index contributed by atoms with van der Waals surface area (Å²) in [5.41, 5.74) is 2.70. The third kappa shape index (κ3) is 4.00. The van der Waals surface area contributed by atoms with Gasteiger partial charge in [0.15, 0.2) is 17.0 Å². The Kier molecular flexibility index (Phi) is 5.56. The lowest BCUT2D eigenvalue weighted by Gasteiger charge is -2.37. The van der Waals surface area contributed by atoms with Crippen molar-refractivity contribution >= 4 is 17.0 Å². The van der Waals surface area contributed by atoms with E-state index >= 15 is 0 Å². The topological polar surface area (TPSA) is 101 Å². The van der Waals surface area contributed by atoms with Crippen LogP contribution in [0.2, 0.25) is 0 Å². The molecule has 0 radical (unpaired) electrons. The Morgan fingerprint density at radius 2 is 1.93 bits per heavy atom. The molecule has 0 spiro atoms. The van der Waals surface area contributed by atoms with Gasteiger partial charge in [-0.2, -0.15) is 0 Å². The molecule has 30 heavy (non-hydrogen) atoms. The van der Waals surface area contributed by atoms with Gasteiger partial charge in [-0.3, -0.25) is 14.5 Å². The molecule has 1 saturated carbocycles. The van der Waals surface area contributed by atoms with E-state index < -0.39 is 0 Å². The molecule has 158 valence electrons. The van der Waals surface area contributed by atoms with Crippen molar-refractivity contribution in [3.8, 4) is 0 Å². The third-order valence-electron chi connectivity index (χ3n) is 5.95. The Balaban J connectivity index is 1.39. The number of morpholine rings is 1. The fourth-order valence-corrected chi connectivity index (χ4v) is 4.45. The molecule has 0 bridgehead atoms. The molecule has 2 fully saturated rings. The van der Waals surface area contributed by atoms with Crippen LogP contribution in [-0.2, 0) is 11.3 Å². The van der Waals surface area contributed by atoms with Crippen LogP contribution < -0.4 is 5.32 Å². The maximum absolute atomic E-state index is 9.78. The molecule has 1 aliphatic carbocycles. The second-order valence-electron chi connectivity index (χ2n) is 8.12. The number of fused-ring (bicyclic) bond motifs is 1. The zero-order valence-electron chi connectivity index (χ0n) is 16.9. The lowest BCUT2D eigenvalue weighted by Crippen LogP contribution is -2.46. The number of aliphatic hydroxyl groups excluding tert-OH is 1. The first kappa shape index (κ1) is 19.3. The van der Waals surface area contributed by atoms with Crippen molar-refractivity contribution in [2.45, 2.75) is 50.6 Å². The minimum atomic E-state index is -0.281. The summed E-state index contributed by atoms with van der Waals surface area (Å²) in [5.74, 6) is 0.786. The van der Waals surface area contributed by atoms with Crippen LogP contribution in [0, 0.1) is 0 Å². The second kappa shape index (κ2) is 8.63. The van der Waals surface area contributed by atoms with E-state index in [1.807, 2.05) is 16.7 Å². The molecule has 5 rings (SSSR count). The zero-order chi connectivity index (χ0) is 20.3. The highest BCUT2D eigenvalue weighted by Crippen LogP contribution is 2.28. The van der Waals surface area contributed by atoms with E-state index in [1.54, 1.807) is 25.0 Å². The zero-order valence-corrected chi connectivity index (χ0v) is 16.9. The van der Waals surface area contributed by atoms with Crippen molar-refractivity contribution in [1.82, 2.24) is 29.4 Å². The van der Waals surface area contributed by atoms with Crippen molar-refractivity contribution < 1.29 is 9.84 Å². The lowest BCUT2D eigenvalue weighted by atomic mass is 10.2. The number of aromatic nitrogens is 5. The summed E-state index contributed by atoms with van der Waals surface area (Å²) in [4.78, 5) is 19.9. The van der Waals surface area contributed by atoms with E-state index in [9.17, 15) is 5.11 Å². The Bertz CT molecular complexity index is 974. The molecule has 1 saturated heterocycles. The van der Waals surface area contributed by atoms with Gasteiger partial charge < -0.3 is 15.2 Å². The molecule has 2 aliphatic rings. The number of nitrogens with one attached hydrogen (secondary N) is 1. The number of pyridine rings is 1. The third-order valence-corrected chi connectivity index (χ3v) is 5.95. The summed E-state index contributed by atoms with van der Waals surface area (Å²) in [6.45, 7) is 2.10. The Labute approximate surface area is 175 Å². The van der Waals surface area contributed by atoms with Gasteiger partial charge in [0.1, 0.15) is 12.6 Å². The molecule has 9 nitrogen and oxygen atoms in total. The van der Waals surface area contributed by atoms with Gasteiger partial charge in [-0.25, -0.2) is 15.0 Å². The standard InChI is InChI=1S/C21H27N7O2/c29-12-17-10-27(9-15-5-7-22-8-6-15)11-18(30-17)28-14-25-19-20(23-13-24-21(19)28)26-16-3-1-2-4-16/h5-8,13-14,16-18,29H,1-4,9-12H2,(H,23,24,26)/t17-,18+/m0/s1. The van der Waals surface area contributed by atoms with Gasteiger partial charge in [-0.1, -0.05) is 12.8 Å². The number of hydrogen-bond donors (Lipinski definition) is 2. The normalized spacial score (nSPS) is 23.2. The van der Waals surface area contributed by atoms with E-state index in [2.05, 4.69) is 30.2 Å². The second-order valence-corrected chi connectivity index (χ2v) is 8.12. The molecule has 0 unspecified atom stereocenters. The molecule has 0 amide bonds. The fraction of sp³-hybridized carbons (Fsp3) is 0.524. The average Bonchev–Trinajstić information content (AvgIpc) is 3.44. The van der Waals surface area contributed by atoms with Crippen molar-refractivity contribution in [1.29, 1.82) is 0 Å². The number of rotatable bonds is 6. The van der Waals surface area contributed by atoms with Gasteiger partial charge >= 0.3 is 0 Å². The smallest absolute Gasteiger partial charge is 0.167 e. The van der Waals surface area contributed by atoms with E-state index in [4.69, 9.17) is 4.74 Å². The lowest BCUT2D eigenvalue weighted by molar-refractivity contribution is -0.135. The number of aliphatic hydroxyl groups is 1. The van der Waals surface area contributed by atoms with Gasteiger partial charge in [0.2, 0.25) is 0 Å². The van der Waals surface area contributed by atoms with Crippen molar-refractivity contribution in [2.24, 2.45) is 0 Å². The number of imidazole rings is 1. The first-order valence-electron chi connectivity index (χ1n) is 10.6. The van der Waals surface area contributed by atoms with E-state index in [1.165, 1.54) is 31.2 Å². The minimum Gasteiger partial charge on any atom is -0.394 e. The fourth-order valence-electron chi connectivity index (χ4n) is 4.45. The Morgan fingerprint density at radius 3 is 2.73 bits per heavy atom. The number of nitrogens with zero attached hydrogens (tertiary/aromatic N) is 6. The first-order valence-corrected chi connectivity index (χ1v) is 10.6. The van der Waals surface area contributed by atoms with Crippen LogP contribution in [0.1, 0.15) is 37.5 Å². The van der Waals surface area contributed by atoms with Crippen LogP contribution in [0.3, 0.4) is 0 Å². The highest BCUT2D eigenvalue weighted by molar-refractivity contribution is 5.82. The molecule has 4 heterocycles. The SMILES string of the molecule is OC[C@@H]1CN(Cc2ccncc2)C[C@H](n2cnc3c(NC4CCCC4)ncnc32)O1. The van der Waals surface area contributed by atoms with E-state index in [-0.39, 0.29) is 18.9 Å². The molecular weight excluding hydrogens is 382 g/mol. The Morgan fingerprint density at radius 1 is 1.10 bits per heavy atom. The van der Waals surface area contributed by atoms with Crippen LogP contribution in [0.25, 0.3) is 11.2 Å². The molecule has 9 heteroatoms. The predicted octanol–water partition coefficient (Wildman–Crippen LogP) is 1.97. The summed E-state index contributed by atoms with van der Waals surface area (Å²) in [6, 6.07) is 4.48. The molecule has 1 aliphatic heterocycles. The summed E-state index contributed by atoms with van der Waals surface area (Å²) in [6.07, 6.45) is 11.3. The summed E-state index contributed by atoms with van der Waals surface area (Å²) >= 11 is 0. The highest BCUT2D eigenvalue weighted by Gasteiger charge is 2.30. The van der Waals surface area contributed by atoms with Crippen molar-refractivity contribution in [3.63, 3.8) is 0 Å². The molecular formula is C21H27N7O2. The van der Waals surface area contributed by atoms with Crippen molar-refractivity contribution in [2.75, 3.05) is 25.0 Å². The number of ether oxygens (including phenoxy) is 1. The van der Waals surface area contributed by atoms with Gasteiger partial charge in [0, 0.05) is 38.1 Å². The minimum absolute atomic E-state index is 0.0283. The maximum atomic E-state index is 9.78. The average molecular weight is 409 g/mol. The Hall–Kier alpha value is -2.62. The first-order chi connectivity index (χ1) is 14.8. The number of anilines is 1. The molecule has 2 N–H and O–H groups in total. The van der Waals surface area contributed by atoms with Crippen LogP contribution in [-0.4, -0.2) is 66.4 Å². The van der Waals surface area contributed by atoms with Crippen LogP contribution in [0.4, 0.5) is 5.82 Å². The molecule has 3 aromatic heterocycles. The summed E-state index contributed by atoms with van der Waals surface area (Å²) < 4.78 is 8.12. The monoisotopic (exact) mass is 409 g/mol. The van der Waals surface area contributed by atoms with Crippen LogP contribution in [0.15, 0.2) is 37.2 Å². The predicted molar refractivity (Wildman–Crippen MR) is 112 cm³/mol. The molecule has 3 aromatic rings. The van der Waals surface area contributed by atoms with Gasteiger partial charge in [0.05, 0.1) is 19.0 Å². The summed E-state index contributed by atoms with van der Waals surface area (Å²) in [5, 5.41) is 13.3. The van der Waals surface area contributed by atoms with Crippen LogP contribution >= 0.6 is 0 Å². The maximum Gasteiger partial charge on any atom is 0.167 e. The van der Waals surface area contributed by atoms with E-state index in [0.29, 0.717) is 19.1 Å². The van der Waals surface area contributed by atoms with Crippen LogP contribution in [0.5, 0.6) is 0 Å². The number of hydrogen-bond acceptors (Lipinski definition) is 8. The summed E-state index contributed by atoms with van der Waals surface area (Å²) in [7, 11) is 0.